The van der Waals surface area contributed by atoms with E-state index in [0.717, 1.165) is 0 Å². The molecule has 19 heavy (non-hydrogen) atoms. The van der Waals surface area contributed by atoms with Crippen molar-refractivity contribution in [1.82, 2.24) is 10.6 Å². The van der Waals surface area contributed by atoms with Crippen molar-refractivity contribution >= 4 is 17.5 Å². The average Bonchev–Trinajstić information content (AvgIpc) is 2.41. The van der Waals surface area contributed by atoms with Crippen molar-refractivity contribution in [2.45, 2.75) is 18.9 Å². The van der Waals surface area contributed by atoms with E-state index in [0.29, 0.717) is 36.4 Å². The Morgan fingerprint density at radius 2 is 2.32 bits per heavy atom. The molecule has 4 N–H and O–H groups in total. The largest absolute Gasteiger partial charge is 0.496 e. The van der Waals surface area contributed by atoms with E-state index in [1.165, 1.54) is 7.11 Å². The molecule has 2 rings (SSSR count). The van der Waals surface area contributed by atoms with Crippen molar-refractivity contribution in [2.75, 3.05) is 19.4 Å². The summed E-state index contributed by atoms with van der Waals surface area (Å²) in [4.78, 5) is 23.2. The van der Waals surface area contributed by atoms with Crippen LogP contribution >= 0.6 is 0 Å². The van der Waals surface area contributed by atoms with Gasteiger partial charge in [-0.25, -0.2) is 0 Å². The Kier molecular flexibility index (Phi) is 3.89. The summed E-state index contributed by atoms with van der Waals surface area (Å²) in [5.41, 5.74) is 6.58. The highest BCUT2D eigenvalue weighted by Gasteiger charge is 2.21. The number of nitrogen functional groups attached to an aromatic ring is 1. The van der Waals surface area contributed by atoms with Crippen LogP contribution in [0.2, 0.25) is 0 Å². The molecule has 0 bridgehead atoms. The third-order valence-corrected chi connectivity index (χ3v) is 3.07. The monoisotopic (exact) mass is 263 g/mol. The van der Waals surface area contributed by atoms with Crippen molar-refractivity contribution in [3.05, 3.63) is 23.8 Å². The predicted octanol–water partition coefficient (Wildman–Crippen LogP) is 0.286. The highest BCUT2D eigenvalue weighted by Crippen LogP contribution is 2.21. The van der Waals surface area contributed by atoms with Crippen molar-refractivity contribution in [1.29, 1.82) is 0 Å². The molecule has 2 amide bonds. The number of benzene rings is 1. The van der Waals surface area contributed by atoms with Crippen LogP contribution in [-0.2, 0) is 4.79 Å². The molecule has 1 aromatic rings. The molecule has 6 heteroatoms. The number of amides is 2. The smallest absolute Gasteiger partial charge is 0.255 e. The highest BCUT2D eigenvalue weighted by molar-refractivity contribution is 5.98. The summed E-state index contributed by atoms with van der Waals surface area (Å²) in [6.45, 7) is 0.454. The molecule has 0 aliphatic carbocycles. The molecule has 1 aromatic carbocycles. The summed E-state index contributed by atoms with van der Waals surface area (Å²) >= 11 is 0. The Bertz CT molecular complexity index is 492. The van der Waals surface area contributed by atoms with Gasteiger partial charge in [-0.2, -0.15) is 0 Å². The maximum absolute atomic E-state index is 12.2. The lowest BCUT2D eigenvalue weighted by Crippen LogP contribution is -2.47. The fourth-order valence-corrected chi connectivity index (χ4v) is 2.02. The van der Waals surface area contributed by atoms with Gasteiger partial charge in [0.15, 0.2) is 0 Å². The van der Waals surface area contributed by atoms with Crippen LogP contribution in [0.1, 0.15) is 23.2 Å². The van der Waals surface area contributed by atoms with Crippen LogP contribution in [0.25, 0.3) is 0 Å². The van der Waals surface area contributed by atoms with Gasteiger partial charge in [0.25, 0.3) is 5.91 Å². The van der Waals surface area contributed by atoms with E-state index in [2.05, 4.69) is 10.6 Å². The number of hydrogen-bond donors (Lipinski definition) is 3. The molecule has 0 spiro atoms. The summed E-state index contributed by atoms with van der Waals surface area (Å²) < 4.78 is 5.14. The zero-order valence-corrected chi connectivity index (χ0v) is 10.7. The predicted molar refractivity (Wildman–Crippen MR) is 70.9 cm³/mol. The lowest BCUT2D eigenvalue weighted by Gasteiger charge is -2.23. The molecule has 1 fully saturated rings. The number of nitrogens with two attached hydrogens (primary N) is 1. The number of anilines is 1. The number of piperidine rings is 1. The van der Waals surface area contributed by atoms with Crippen molar-refractivity contribution in [3.63, 3.8) is 0 Å². The zero-order valence-electron chi connectivity index (χ0n) is 10.7. The van der Waals surface area contributed by atoms with Gasteiger partial charge < -0.3 is 21.1 Å². The third-order valence-electron chi connectivity index (χ3n) is 3.07. The Hall–Kier alpha value is -2.24. The third kappa shape index (κ3) is 3.15. The van der Waals surface area contributed by atoms with Gasteiger partial charge in [0.05, 0.1) is 12.7 Å². The molecular weight excluding hydrogens is 246 g/mol. The lowest BCUT2D eigenvalue weighted by molar-refractivity contribution is -0.122. The minimum atomic E-state index is -0.245. The molecule has 0 saturated carbocycles. The van der Waals surface area contributed by atoms with Crippen LogP contribution in [-0.4, -0.2) is 31.5 Å². The first-order valence-electron chi connectivity index (χ1n) is 6.11. The number of methoxy groups -OCH3 is 1. The van der Waals surface area contributed by atoms with Crippen molar-refractivity contribution < 1.29 is 14.3 Å². The Balaban J connectivity index is 2.07. The molecule has 0 radical (unpaired) electrons. The molecule has 1 heterocycles. The van der Waals surface area contributed by atoms with E-state index >= 15 is 0 Å². The van der Waals surface area contributed by atoms with Crippen LogP contribution < -0.4 is 21.1 Å². The molecule has 1 aliphatic rings. The van der Waals surface area contributed by atoms with Crippen LogP contribution in [0.5, 0.6) is 5.75 Å². The van der Waals surface area contributed by atoms with E-state index < -0.39 is 0 Å². The summed E-state index contributed by atoms with van der Waals surface area (Å²) in [7, 11) is 1.50. The minimum absolute atomic E-state index is 0.0204. The maximum Gasteiger partial charge on any atom is 0.255 e. The molecular formula is C13H17N3O3. The summed E-state index contributed by atoms with van der Waals surface area (Å²) in [6.07, 6.45) is 1.07. The first-order valence-corrected chi connectivity index (χ1v) is 6.11. The van der Waals surface area contributed by atoms with E-state index in [4.69, 9.17) is 10.5 Å². The van der Waals surface area contributed by atoms with E-state index in [9.17, 15) is 9.59 Å². The SMILES string of the molecule is COc1ccc(N)cc1C(=O)NC1CCC(=O)NC1. The van der Waals surface area contributed by atoms with Gasteiger partial charge in [-0.15, -0.1) is 0 Å². The highest BCUT2D eigenvalue weighted by atomic mass is 16.5. The second-order valence-corrected chi connectivity index (χ2v) is 4.47. The van der Waals surface area contributed by atoms with Gasteiger partial charge in [0.1, 0.15) is 5.75 Å². The fraction of sp³-hybridized carbons (Fsp3) is 0.385. The van der Waals surface area contributed by atoms with Crippen molar-refractivity contribution in [3.8, 4) is 5.75 Å². The fourth-order valence-electron chi connectivity index (χ4n) is 2.02. The summed E-state index contributed by atoms with van der Waals surface area (Å²) in [5, 5.41) is 5.59. The number of carbonyl (C=O) groups excluding carboxylic acids is 2. The van der Waals surface area contributed by atoms with E-state index in [1.54, 1.807) is 18.2 Å². The second kappa shape index (κ2) is 5.60. The number of ether oxygens (including phenoxy) is 1. The quantitative estimate of drug-likeness (QED) is 0.683. The van der Waals surface area contributed by atoms with E-state index in [-0.39, 0.29) is 17.9 Å². The van der Waals surface area contributed by atoms with Gasteiger partial charge in [0, 0.05) is 24.7 Å². The zero-order chi connectivity index (χ0) is 13.8. The Labute approximate surface area is 111 Å². The summed E-state index contributed by atoms with van der Waals surface area (Å²) in [6, 6.07) is 4.86. The van der Waals surface area contributed by atoms with Crippen LogP contribution in [0, 0.1) is 0 Å². The second-order valence-electron chi connectivity index (χ2n) is 4.47. The molecule has 1 aliphatic heterocycles. The van der Waals surface area contributed by atoms with Gasteiger partial charge in [0.2, 0.25) is 5.91 Å². The van der Waals surface area contributed by atoms with Crippen molar-refractivity contribution in [2.24, 2.45) is 0 Å². The topological polar surface area (TPSA) is 93.4 Å². The van der Waals surface area contributed by atoms with Crippen LogP contribution in [0.4, 0.5) is 5.69 Å². The molecule has 1 atom stereocenters. The Morgan fingerprint density at radius 1 is 1.53 bits per heavy atom. The molecule has 0 aromatic heterocycles. The van der Waals surface area contributed by atoms with Gasteiger partial charge >= 0.3 is 0 Å². The molecule has 102 valence electrons. The van der Waals surface area contributed by atoms with Gasteiger partial charge in [-0.05, 0) is 24.6 Å². The molecule has 1 unspecified atom stereocenters. The lowest BCUT2D eigenvalue weighted by atomic mass is 10.1. The van der Waals surface area contributed by atoms with Gasteiger partial charge in [-0.1, -0.05) is 0 Å². The first kappa shape index (κ1) is 13.2. The summed E-state index contributed by atoms with van der Waals surface area (Å²) in [5.74, 6) is 0.254. The number of nitrogens with one attached hydrogen (secondary N) is 2. The number of carbonyl (C=O) groups is 2. The Morgan fingerprint density at radius 3 is 2.95 bits per heavy atom. The maximum atomic E-state index is 12.2. The minimum Gasteiger partial charge on any atom is -0.496 e. The first-order chi connectivity index (χ1) is 9.10. The number of rotatable bonds is 3. The molecule has 6 nitrogen and oxygen atoms in total. The van der Waals surface area contributed by atoms with Crippen LogP contribution in [0.3, 0.4) is 0 Å². The average molecular weight is 263 g/mol. The van der Waals surface area contributed by atoms with Gasteiger partial charge in [-0.3, -0.25) is 9.59 Å². The number of hydrogen-bond acceptors (Lipinski definition) is 4. The van der Waals surface area contributed by atoms with E-state index in [1.807, 2.05) is 0 Å². The normalized spacial score (nSPS) is 18.6. The molecule has 1 saturated heterocycles. The standard InChI is InChI=1S/C13H17N3O3/c1-19-11-4-2-8(14)6-10(11)13(18)16-9-3-5-12(17)15-7-9/h2,4,6,9H,3,5,7,14H2,1H3,(H,15,17)(H,16,18). The van der Waals surface area contributed by atoms with Crippen LogP contribution in [0.15, 0.2) is 18.2 Å².